The Bertz CT molecular complexity index is 1090. The minimum absolute atomic E-state index is 0.0570. The highest BCUT2D eigenvalue weighted by atomic mass is 19.1. The van der Waals surface area contributed by atoms with Crippen molar-refractivity contribution >= 4 is 23.3 Å². The molecule has 3 rings (SSSR count). The minimum Gasteiger partial charge on any atom is -0.393 e. The number of aliphatic hydroxyl groups excluding tert-OH is 2. The first kappa shape index (κ1) is 23.6. The Morgan fingerprint density at radius 3 is 2.38 bits per heavy atom. The number of aliphatic hydroxyl groups is 2. The van der Waals surface area contributed by atoms with Crippen LogP contribution < -0.4 is 10.6 Å². The van der Waals surface area contributed by atoms with Gasteiger partial charge in [-0.3, -0.25) is 14.4 Å². The molecule has 1 fully saturated rings. The summed E-state index contributed by atoms with van der Waals surface area (Å²) in [5, 5.41) is 25.3. The monoisotopic (exact) mass is 445 g/mol. The van der Waals surface area contributed by atoms with Gasteiger partial charge in [0.05, 0.1) is 29.5 Å². The zero-order chi connectivity index (χ0) is 23.9. The number of hydrogen-bond donors (Lipinski definition) is 4. The first-order chi connectivity index (χ1) is 14.9. The van der Waals surface area contributed by atoms with E-state index in [-0.39, 0.29) is 23.5 Å². The van der Waals surface area contributed by atoms with E-state index in [0.717, 1.165) is 0 Å². The molecule has 2 amide bonds. The number of nitrogens with zero attached hydrogens (tertiary/aromatic N) is 1. The number of anilines is 1. The molecule has 0 radical (unpaired) electrons. The number of ketones is 1. The van der Waals surface area contributed by atoms with Crippen molar-refractivity contribution in [2.45, 2.75) is 52.4 Å². The first-order valence-electron chi connectivity index (χ1n) is 10.4. The molecule has 1 aliphatic rings. The number of halogens is 1. The van der Waals surface area contributed by atoms with Gasteiger partial charge >= 0.3 is 0 Å². The number of rotatable bonds is 5. The molecule has 0 unspecified atom stereocenters. The van der Waals surface area contributed by atoms with Gasteiger partial charge in [0.2, 0.25) is 0 Å². The fourth-order valence-electron chi connectivity index (χ4n) is 4.24. The maximum Gasteiger partial charge on any atom is 0.294 e. The van der Waals surface area contributed by atoms with Crippen molar-refractivity contribution in [1.29, 1.82) is 0 Å². The van der Waals surface area contributed by atoms with Crippen LogP contribution in [0.5, 0.6) is 0 Å². The Morgan fingerprint density at radius 1 is 1.16 bits per heavy atom. The molecule has 4 N–H and O–H groups in total. The Morgan fingerprint density at radius 2 is 1.81 bits per heavy atom. The van der Waals surface area contributed by atoms with Crippen LogP contribution in [0.15, 0.2) is 18.2 Å². The van der Waals surface area contributed by atoms with Crippen LogP contribution in [0.1, 0.15) is 51.0 Å². The van der Waals surface area contributed by atoms with E-state index in [1.807, 2.05) is 0 Å². The van der Waals surface area contributed by atoms with Crippen molar-refractivity contribution in [3.05, 3.63) is 52.1 Å². The lowest BCUT2D eigenvalue weighted by molar-refractivity contribution is -0.118. The topological polar surface area (TPSA) is 121 Å². The predicted molar refractivity (Wildman–Crippen MR) is 116 cm³/mol. The number of carbonyl (C=O) groups excluding carboxylic acids is 3. The number of carbonyl (C=O) groups is 3. The molecular formula is C23H28FN3O5. The summed E-state index contributed by atoms with van der Waals surface area (Å²) in [5.41, 5.74) is 1.91. The maximum absolute atomic E-state index is 13.5. The van der Waals surface area contributed by atoms with Gasteiger partial charge in [-0.2, -0.15) is 0 Å². The Kier molecular flexibility index (Phi) is 6.52. The molecule has 1 aromatic heterocycles. The van der Waals surface area contributed by atoms with Crippen LogP contribution in [-0.2, 0) is 11.8 Å². The van der Waals surface area contributed by atoms with Crippen LogP contribution in [0.3, 0.4) is 0 Å². The summed E-state index contributed by atoms with van der Waals surface area (Å²) in [4.78, 5) is 38.4. The van der Waals surface area contributed by atoms with Gasteiger partial charge in [-0.25, -0.2) is 4.39 Å². The van der Waals surface area contributed by atoms with Crippen LogP contribution in [-0.4, -0.2) is 50.6 Å². The number of nitrogens with one attached hydrogen (secondary N) is 2. The van der Waals surface area contributed by atoms with E-state index >= 15 is 0 Å². The fraction of sp³-hybridized carbons (Fsp3) is 0.435. The van der Waals surface area contributed by atoms with Crippen molar-refractivity contribution < 1.29 is 29.0 Å². The molecule has 0 bridgehead atoms. The summed E-state index contributed by atoms with van der Waals surface area (Å²) in [7, 11) is 1.58. The molecule has 32 heavy (non-hydrogen) atoms. The predicted octanol–water partition coefficient (Wildman–Crippen LogP) is 1.77. The third-order valence-electron chi connectivity index (χ3n) is 6.36. The number of amides is 2. The van der Waals surface area contributed by atoms with Gasteiger partial charge in [0.15, 0.2) is 0 Å². The van der Waals surface area contributed by atoms with Crippen LogP contribution in [0, 0.1) is 32.5 Å². The van der Waals surface area contributed by atoms with E-state index in [1.54, 1.807) is 34.7 Å². The van der Waals surface area contributed by atoms with Crippen molar-refractivity contribution in [1.82, 2.24) is 9.88 Å². The summed E-state index contributed by atoms with van der Waals surface area (Å²) in [5.74, 6) is -3.04. The van der Waals surface area contributed by atoms with Gasteiger partial charge in [0, 0.05) is 24.3 Å². The van der Waals surface area contributed by atoms with Crippen LogP contribution >= 0.6 is 0 Å². The molecule has 1 saturated carbocycles. The lowest BCUT2D eigenvalue weighted by Crippen LogP contribution is -2.44. The molecular weight excluding hydrogens is 417 g/mol. The molecule has 1 aromatic carbocycles. The summed E-state index contributed by atoms with van der Waals surface area (Å²) in [6.45, 7) is 6.49. The number of benzene rings is 1. The van der Waals surface area contributed by atoms with Crippen LogP contribution in [0.4, 0.5) is 10.1 Å². The number of hydrogen-bond acceptors (Lipinski definition) is 5. The molecule has 4 atom stereocenters. The Balaban J connectivity index is 1.83. The molecule has 8 nitrogen and oxygen atoms in total. The smallest absolute Gasteiger partial charge is 0.294 e. The minimum atomic E-state index is -0.960. The highest BCUT2D eigenvalue weighted by Crippen LogP contribution is 2.27. The largest absolute Gasteiger partial charge is 0.393 e. The summed E-state index contributed by atoms with van der Waals surface area (Å²) < 4.78 is 15.0. The Hall–Kier alpha value is -3.04. The van der Waals surface area contributed by atoms with Crippen molar-refractivity contribution in [3.8, 4) is 0 Å². The second-order valence-electron chi connectivity index (χ2n) is 8.47. The highest BCUT2D eigenvalue weighted by Gasteiger charge is 2.40. The quantitative estimate of drug-likeness (QED) is 0.413. The molecule has 2 aromatic rings. The fourth-order valence-corrected chi connectivity index (χ4v) is 4.24. The SMILES string of the molecule is Cc1cc(NC(=O)c2c(C)c(C(=O)C(=O)N[C@@H]3C[C@H](O)[C@@H](C)[C@H]3O)n(C)c2C)ccc1F. The van der Waals surface area contributed by atoms with Gasteiger partial charge in [-0.05, 0) is 56.5 Å². The zero-order valence-electron chi connectivity index (χ0n) is 18.7. The molecule has 172 valence electrons. The average molecular weight is 445 g/mol. The molecule has 1 heterocycles. The van der Waals surface area contributed by atoms with E-state index in [9.17, 15) is 29.0 Å². The highest BCUT2D eigenvalue weighted by molar-refractivity contribution is 6.43. The van der Waals surface area contributed by atoms with Crippen LogP contribution in [0.2, 0.25) is 0 Å². The lowest BCUT2D eigenvalue weighted by Gasteiger charge is -2.18. The third kappa shape index (κ3) is 4.18. The molecule has 9 heteroatoms. The molecule has 0 aliphatic heterocycles. The van der Waals surface area contributed by atoms with Gasteiger partial charge in [-0.15, -0.1) is 0 Å². The van der Waals surface area contributed by atoms with Crippen LogP contribution in [0.25, 0.3) is 0 Å². The summed E-state index contributed by atoms with van der Waals surface area (Å²) in [6.07, 6.45) is -1.58. The maximum atomic E-state index is 13.5. The van der Waals surface area contributed by atoms with E-state index < -0.39 is 41.8 Å². The number of Topliss-reactive ketones (excluding diaryl/α,β-unsaturated/α-hetero) is 1. The first-order valence-corrected chi connectivity index (χ1v) is 10.4. The average Bonchev–Trinajstić information content (AvgIpc) is 3.10. The van der Waals surface area contributed by atoms with E-state index in [2.05, 4.69) is 10.6 Å². The number of aromatic nitrogens is 1. The van der Waals surface area contributed by atoms with E-state index in [4.69, 9.17) is 0 Å². The second-order valence-corrected chi connectivity index (χ2v) is 8.47. The van der Waals surface area contributed by atoms with Gasteiger partial charge in [0.1, 0.15) is 5.82 Å². The zero-order valence-corrected chi connectivity index (χ0v) is 18.7. The second kappa shape index (κ2) is 8.84. The van der Waals surface area contributed by atoms with Crippen molar-refractivity contribution in [2.24, 2.45) is 13.0 Å². The van der Waals surface area contributed by atoms with Gasteiger partial charge < -0.3 is 25.4 Å². The Labute approximate surface area is 185 Å². The van der Waals surface area contributed by atoms with Crippen molar-refractivity contribution in [3.63, 3.8) is 0 Å². The third-order valence-corrected chi connectivity index (χ3v) is 6.36. The van der Waals surface area contributed by atoms with E-state index in [0.29, 0.717) is 22.5 Å². The lowest BCUT2D eigenvalue weighted by atomic mass is 10.1. The molecule has 0 spiro atoms. The molecule has 0 saturated heterocycles. The van der Waals surface area contributed by atoms with E-state index in [1.165, 1.54) is 22.8 Å². The van der Waals surface area contributed by atoms with Gasteiger partial charge in [0.25, 0.3) is 17.6 Å². The molecule has 1 aliphatic carbocycles. The van der Waals surface area contributed by atoms with Crippen molar-refractivity contribution in [2.75, 3.05) is 5.32 Å². The normalized spacial score (nSPS) is 22.6. The summed E-state index contributed by atoms with van der Waals surface area (Å²) in [6, 6.07) is 3.46. The standard InChI is InChI=1S/C23H28FN3O5/c1-10-8-14(6-7-15(10)24)25-22(31)18-12(3)19(27(5)13(18)4)21(30)23(32)26-16-9-17(28)11(2)20(16)29/h6-8,11,16-17,20,28-29H,9H2,1-5H3,(H,25,31)(H,26,32)/t11-,16-,17+,20-/m1/s1. The number of aryl methyl sites for hydroxylation is 1. The summed E-state index contributed by atoms with van der Waals surface area (Å²) >= 11 is 0. The van der Waals surface area contributed by atoms with Gasteiger partial charge in [-0.1, -0.05) is 6.92 Å².